The summed E-state index contributed by atoms with van der Waals surface area (Å²) >= 11 is 9.53. The van der Waals surface area contributed by atoms with E-state index in [1.807, 2.05) is 30.3 Å². The normalized spacial score (nSPS) is 10.8. The molecule has 3 rings (SSSR count). The maximum absolute atomic E-state index is 6.07. The molecule has 0 bridgehead atoms. The Bertz CT molecular complexity index is 807. The molecular weight excluding hydrogens is 352 g/mol. The fraction of sp³-hybridized carbons (Fsp3) is 0.0625. The summed E-state index contributed by atoms with van der Waals surface area (Å²) in [6.07, 6.45) is 0. The number of nitrogens with zero attached hydrogens (tertiary/aromatic N) is 1. The molecule has 1 heterocycles. The summed E-state index contributed by atoms with van der Waals surface area (Å²) in [5.74, 6) is 1.20. The van der Waals surface area contributed by atoms with Gasteiger partial charge in [-0.2, -0.15) is 0 Å². The summed E-state index contributed by atoms with van der Waals surface area (Å²) < 4.78 is 6.81. The van der Waals surface area contributed by atoms with E-state index in [0.717, 1.165) is 21.0 Å². The van der Waals surface area contributed by atoms with Crippen LogP contribution >= 0.6 is 27.5 Å². The van der Waals surface area contributed by atoms with Crippen molar-refractivity contribution in [2.24, 2.45) is 0 Å². The van der Waals surface area contributed by atoms with E-state index in [9.17, 15) is 0 Å². The minimum Gasteiger partial charge on any atom is -0.487 e. The van der Waals surface area contributed by atoms with Crippen LogP contribution in [0.4, 0.5) is 5.82 Å². The number of rotatable bonds is 3. The zero-order chi connectivity index (χ0) is 14.8. The Labute approximate surface area is 135 Å². The number of benzene rings is 2. The third-order valence-electron chi connectivity index (χ3n) is 3.09. The summed E-state index contributed by atoms with van der Waals surface area (Å²) in [5.41, 5.74) is 6.29. The highest BCUT2D eigenvalue weighted by Gasteiger charge is 2.05. The average Bonchev–Trinajstić information content (AvgIpc) is 2.48. The van der Waals surface area contributed by atoms with Gasteiger partial charge in [-0.25, -0.2) is 4.98 Å². The number of hydrogen-bond acceptors (Lipinski definition) is 3. The lowest BCUT2D eigenvalue weighted by Crippen LogP contribution is -2.01. The van der Waals surface area contributed by atoms with E-state index in [1.54, 1.807) is 12.1 Å². The number of anilines is 1. The molecule has 0 amide bonds. The molecule has 0 fully saturated rings. The molecular formula is C16H12BrClN2O. The van der Waals surface area contributed by atoms with E-state index in [4.69, 9.17) is 22.1 Å². The summed E-state index contributed by atoms with van der Waals surface area (Å²) in [5, 5.41) is 2.81. The predicted octanol–water partition coefficient (Wildman–Crippen LogP) is 4.81. The van der Waals surface area contributed by atoms with Crippen molar-refractivity contribution in [3.63, 3.8) is 0 Å². The Hall–Kier alpha value is -1.78. The Morgan fingerprint density at radius 3 is 2.67 bits per heavy atom. The van der Waals surface area contributed by atoms with Gasteiger partial charge in [0.15, 0.2) is 0 Å². The molecule has 0 spiro atoms. The zero-order valence-corrected chi connectivity index (χ0v) is 13.4. The van der Waals surface area contributed by atoms with Crippen molar-refractivity contribution in [3.8, 4) is 5.75 Å². The maximum atomic E-state index is 6.07. The van der Waals surface area contributed by atoms with E-state index in [0.29, 0.717) is 16.5 Å². The zero-order valence-electron chi connectivity index (χ0n) is 11.0. The fourth-order valence-corrected chi connectivity index (χ4v) is 2.58. The van der Waals surface area contributed by atoms with E-state index in [-0.39, 0.29) is 6.61 Å². The molecule has 3 aromatic rings. The highest BCUT2D eigenvalue weighted by Crippen LogP contribution is 2.25. The van der Waals surface area contributed by atoms with Crippen molar-refractivity contribution in [3.05, 3.63) is 63.7 Å². The molecule has 106 valence electrons. The first-order chi connectivity index (χ1) is 10.1. The molecule has 0 saturated heterocycles. The average molecular weight is 364 g/mol. The highest BCUT2D eigenvalue weighted by atomic mass is 79.9. The fourth-order valence-electron chi connectivity index (χ4n) is 2.04. The van der Waals surface area contributed by atoms with Crippen LogP contribution in [-0.4, -0.2) is 4.98 Å². The van der Waals surface area contributed by atoms with Gasteiger partial charge in [0.2, 0.25) is 0 Å². The SMILES string of the molecule is Nc1ccc(Cl)c(COc2ccc3cc(Br)ccc3c2)n1. The summed E-state index contributed by atoms with van der Waals surface area (Å²) in [6.45, 7) is 0.284. The van der Waals surface area contributed by atoms with Crippen LogP contribution < -0.4 is 10.5 Å². The second-order valence-corrected chi connectivity index (χ2v) is 5.93. The minimum absolute atomic E-state index is 0.284. The molecule has 21 heavy (non-hydrogen) atoms. The molecule has 0 unspecified atom stereocenters. The maximum Gasteiger partial charge on any atom is 0.132 e. The third kappa shape index (κ3) is 3.28. The van der Waals surface area contributed by atoms with Crippen LogP contribution in [0.15, 0.2) is 53.0 Å². The van der Waals surface area contributed by atoms with Gasteiger partial charge in [-0.05, 0) is 47.2 Å². The van der Waals surface area contributed by atoms with E-state index < -0.39 is 0 Å². The number of halogens is 2. The molecule has 0 saturated carbocycles. The van der Waals surface area contributed by atoms with Gasteiger partial charge in [0, 0.05) is 4.47 Å². The minimum atomic E-state index is 0.284. The van der Waals surface area contributed by atoms with Crippen LogP contribution in [0.5, 0.6) is 5.75 Å². The smallest absolute Gasteiger partial charge is 0.132 e. The Morgan fingerprint density at radius 2 is 1.81 bits per heavy atom. The molecule has 1 aromatic heterocycles. The second-order valence-electron chi connectivity index (χ2n) is 4.61. The number of nitrogens with two attached hydrogens (primary N) is 1. The lowest BCUT2D eigenvalue weighted by Gasteiger charge is -2.09. The standard InChI is InChI=1S/C16H12BrClN2O/c17-12-3-1-11-8-13(4-2-10(11)7-12)21-9-15-14(18)5-6-16(19)20-15/h1-8H,9H2,(H2,19,20). The predicted molar refractivity (Wildman–Crippen MR) is 89.6 cm³/mol. The van der Waals surface area contributed by atoms with Crippen LogP contribution in [0.3, 0.4) is 0 Å². The molecule has 2 aromatic carbocycles. The van der Waals surface area contributed by atoms with Gasteiger partial charge in [0.1, 0.15) is 18.2 Å². The summed E-state index contributed by atoms with van der Waals surface area (Å²) in [4.78, 5) is 4.18. The van der Waals surface area contributed by atoms with Gasteiger partial charge in [-0.15, -0.1) is 0 Å². The van der Waals surface area contributed by atoms with E-state index >= 15 is 0 Å². The van der Waals surface area contributed by atoms with Crippen molar-refractivity contribution in [1.82, 2.24) is 4.98 Å². The van der Waals surface area contributed by atoms with Crippen LogP contribution in [0.1, 0.15) is 5.69 Å². The van der Waals surface area contributed by atoms with Gasteiger partial charge >= 0.3 is 0 Å². The number of fused-ring (bicyclic) bond motifs is 1. The topological polar surface area (TPSA) is 48.1 Å². The summed E-state index contributed by atoms with van der Waals surface area (Å²) in [6, 6.07) is 15.4. The monoisotopic (exact) mass is 362 g/mol. The molecule has 2 N–H and O–H groups in total. The van der Waals surface area contributed by atoms with Gasteiger partial charge in [-0.1, -0.05) is 39.7 Å². The van der Waals surface area contributed by atoms with Gasteiger partial charge < -0.3 is 10.5 Å². The van der Waals surface area contributed by atoms with Crippen LogP contribution in [0, 0.1) is 0 Å². The first-order valence-electron chi connectivity index (χ1n) is 6.35. The van der Waals surface area contributed by atoms with Crippen molar-refractivity contribution in [1.29, 1.82) is 0 Å². The van der Waals surface area contributed by atoms with Crippen molar-refractivity contribution < 1.29 is 4.74 Å². The lowest BCUT2D eigenvalue weighted by molar-refractivity contribution is 0.302. The molecule has 0 aliphatic carbocycles. The Kier molecular flexibility index (Phi) is 3.99. The van der Waals surface area contributed by atoms with E-state index in [1.165, 1.54) is 0 Å². The first kappa shape index (κ1) is 14.2. The van der Waals surface area contributed by atoms with Gasteiger partial charge in [-0.3, -0.25) is 0 Å². The molecule has 0 radical (unpaired) electrons. The number of hydrogen-bond donors (Lipinski definition) is 1. The van der Waals surface area contributed by atoms with Crippen molar-refractivity contribution >= 4 is 44.1 Å². The Morgan fingerprint density at radius 1 is 1.05 bits per heavy atom. The van der Waals surface area contributed by atoms with Gasteiger partial charge in [0.25, 0.3) is 0 Å². The molecule has 5 heteroatoms. The van der Waals surface area contributed by atoms with E-state index in [2.05, 4.69) is 27.0 Å². The molecule has 0 aliphatic heterocycles. The van der Waals surface area contributed by atoms with Gasteiger partial charge in [0.05, 0.1) is 10.7 Å². The number of ether oxygens (including phenoxy) is 1. The first-order valence-corrected chi connectivity index (χ1v) is 7.52. The Balaban J connectivity index is 1.82. The molecule has 0 aliphatic rings. The van der Waals surface area contributed by atoms with Crippen molar-refractivity contribution in [2.45, 2.75) is 6.61 Å². The number of aromatic nitrogens is 1. The number of nitrogen functional groups attached to an aromatic ring is 1. The largest absolute Gasteiger partial charge is 0.487 e. The highest BCUT2D eigenvalue weighted by molar-refractivity contribution is 9.10. The summed E-state index contributed by atoms with van der Waals surface area (Å²) in [7, 11) is 0. The number of pyridine rings is 1. The second kappa shape index (κ2) is 5.92. The quantitative estimate of drug-likeness (QED) is 0.726. The molecule has 3 nitrogen and oxygen atoms in total. The molecule has 0 atom stereocenters. The van der Waals surface area contributed by atoms with Crippen LogP contribution in [-0.2, 0) is 6.61 Å². The third-order valence-corrected chi connectivity index (χ3v) is 3.93. The van der Waals surface area contributed by atoms with Crippen molar-refractivity contribution in [2.75, 3.05) is 5.73 Å². The van der Waals surface area contributed by atoms with Crippen LogP contribution in [0.2, 0.25) is 5.02 Å². The van der Waals surface area contributed by atoms with Crippen LogP contribution in [0.25, 0.3) is 10.8 Å². The lowest BCUT2D eigenvalue weighted by atomic mass is 10.1.